The number of hydrogen-bond acceptors (Lipinski definition) is 8. The molecule has 3 atom stereocenters. The first-order valence-corrected chi connectivity index (χ1v) is 11.7. The van der Waals surface area contributed by atoms with E-state index in [4.69, 9.17) is 21.1 Å². The Morgan fingerprint density at radius 2 is 2.03 bits per heavy atom. The number of aryl methyl sites for hydroxylation is 1. The summed E-state index contributed by atoms with van der Waals surface area (Å²) < 4.78 is 11.4. The lowest BCUT2D eigenvalue weighted by Gasteiger charge is -2.27. The number of likely N-dealkylation sites (N-methyl/N-ethyl adjacent to an activating group) is 1. The summed E-state index contributed by atoms with van der Waals surface area (Å²) in [4.78, 5) is 28.0. The monoisotopic (exact) mass is 475 g/mol. The van der Waals surface area contributed by atoms with Gasteiger partial charge in [0.1, 0.15) is 5.75 Å². The molecule has 2 saturated carbocycles. The largest absolute Gasteiger partial charge is 0.489 e. The van der Waals surface area contributed by atoms with Crippen LogP contribution in [-0.4, -0.2) is 53.5 Å². The molecule has 2 aliphatic carbocycles. The summed E-state index contributed by atoms with van der Waals surface area (Å²) in [5, 5.41) is 13.3. The fourth-order valence-corrected chi connectivity index (χ4v) is 4.28. The van der Waals surface area contributed by atoms with Crippen LogP contribution in [0.4, 0.5) is 4.79 Å². The van der Waals surface area contributed by atoms with Gasteiger partial charge in [0, 0.05) is 7.05 Å². The van der Waals surface area contributed by atoms with Gasteiger partial charge in [0.25, 0.3) is 0 Å². The van der Waals surface area contributed by atoms with Gasteiger partial charge in [-0.15, -0.1) is 0 Å². The normalized spacial score (nSPS) is 24.0. The van der Waals surface area contributed by atoms with Crippen molar-refractivity contribution in [1.82, 2.24) is 15.3 Å². The Morgan fingerprint density at radius 3 is 2.62 bits per heavy atom. The predicted molar refractivity (Wildman–Crippen MR) is 127 cm³/mol. The first-order chi connectivity index (χ1) is 16.0. The number of nitrogens with zero attached hydrogens (tertiary/aromatic N) is 2. The van der Waals surface area contributed by atoms with Gasteiger partial charge in [0.2, 0.25) is 0 Å². The number of ether oxygens (including phenoxy) is 2. The van der Waals surface area contributed by atoms with E-state index in [2.05, 4.69) is 24.1 Å². The number of carboxylic acids is 1. The number of rotatable bonds is 9. The molecule has 1 heterocycles. The van der Waals surface area contributed by atoms with Crippen molar-refractivity contribution in [3.05, 3.63) is 29.2 Å². The number of amides is 1. The Kier molecular flexibility index (Phi) is 7.91. The molecule has 10 nitrogen and oxygen atoms in total. The second-order valence-electron chi connectivity index (χ2n) is 10.0. The van der Waals surface area contributed by atoms with E-state index in [0.29, 0.717) is 53.9 Å². The quantitative estimate of drug-likeness (QED) is 0.312. The van der Waals surface area contributed by atoms with Crippen LogP contribution in [0.3, 0.4) is 0 Å². The Hall–Kier alpha value is -3.01. The van der Waals surface area contributed by atoms with E-state index >= 15 is 0 Å². The number of carboxylic acid groups (broad SMARTS) is 1. The Morgan fingerprint density at radius 1 is 1.32 bits per heavy atom. The van der Waals surface area contributed by atoms with Crippen LogP contribution < -0.4 is 21.6 Å². The van der Waals surface area contributed by atoms with E-state index in [1.807, 2.05) is 6.92 Å². The van der Waals surface area contributed by atoms with Gasteiger partial charge in [-0.05, 0) is 62.5 Å². The lowest BCUT2D eigenvalue weighted by Crippen LogP contribution is -2.37. The van der Waals surface area contributed by atoms with Gasteiger partial charge in [-0.3, -0.25) is 4.79 Å². The van der Waals surface area contributed by atoms with Crippen molar-refractivity contribution in [2.24, 2.45) is 28.8 Å². The maximum absolute atomic E-state index is 12.1. The van der Waals surface area contributed by atoms with E-state index < -0.39 is 12.1 Å². The van der Waals surface area contributed by atoms with Crippen LogP contribution in [0.25, 0.3) is 5.70 Å². The number of carbonyl (C=O) groups excluding carboxylic acids is 1. The zero-order valence-corrected chi connectivity index (χ0v) is 20.5. The number of nitrogens with two attached hydrogens (primary N) is 2. The Bertz CT molecular complexity index is 946. The van der Waals surface area contributed by atoms with Crippen LogP contribution in [0, 0.1) is 24.2 Å². The molecule has 34 heavy (non-hydrogen) atoms. The zero-order chi connectivity index (χ0) is 25.0. The number of pyridine rings is 1. The average molecular weight is 476 g/mol. The van der Waals surface area contributed by atoms with Crippen molar-refractivity contribution in [3.63, 3.8) is 0 Å². The molecule has 1 aromatic rings. The van der Waals surface area contributed by atoms with Crippen molar-refractivity contribution in [1.29, 1.82) is 0 Å². The van der Waals surface area contributed by atoms with Gasteiger partial charge in [0.15, 0.2) is 0 Å². The molecule has 2 fully saturated rings. The minimum atomic E-state index is -0.774. The minimum Gasteiger partial charge on any atom is -0.489 e. The van der Waals surface area contributed by atoms with Gasteiger partial charge >= 0.3 is 12.1 Å². The van der Waals surface area contributed by atoms with Crippen molar-refractivity contribution >= 4 is 17.8 Å². The maximum Gasteiger partial charge on any atom is 0.407 e. The number of hydrazine groups is 1. The van der Waals surface area contributed by atoms with Crippen LogP contribution in [0.5, 0.6) is 5.75 Å². The maximum atomic E-state index is 12.1. The third kappa shape index (κ3) is 6.53. The molecule has 1 amide bonds. The summed E-state index contributed by atoms with van der Waals surface area (Å²) in [5.41, 5.74) is 8.53. The minimum absolute atomic E-state index is 0.0867. The lowest BCUT2D eigenvalue weighted by atomic mass is 9.87. The number of nitrogens with one attached hydrogen (secondary N) is 1. The summed E-state index contributed by atoms with van der Waals surface area (Å²) in [6, 6.07) is 3.51. The molecule has 2 aliphatic rings. The topological polar surface area (TPSA) is 153 Å². The van der Waals surface area contributed by atoms with Crippen LogP contribution in [0.1, 0.15) is 57.3 Å². The number of aliphatic carboxylic acids is 1. The molecule has 0 aliphatic heterocycles. The van der Waals surface area contributed by atoms with E-state index in [9.17, 15) is 14.7 Å². The van der Waals surface area contributed by atoms with Gasteiger partial charge < -0.3 is 30.6 Å². The van der Waals surface area contributed by atoms with Gasteiger partial charge in [-0.1, -0.05) is 13.8 Å². The van der Waals surface area contributed by atoms with Crippen LogP contribution in [0.2, 0.25) is 0 Å². The Balaban J connectivity index is 1.62. The summed E-state index contributed by atoms with van der Waals surface area (Å²) in [6.07, 6.45) is 3.18. The molecule has 6 N–H and O–H groups in total. The first kappa shape index (κ1) is 25.6. The zero-order valence-electron chi connectivity index (χ0n) is 20.5. The second kappa shape index (κ2) is 10.5. The van der Waals surface area contributed by atoms with E-state index in [1.165, 1.54) is 5.01 Å². The highest BCUT2D eigenvalue weighted by Gasteiger charge is 2.46. The molecule has 10 heteroatoms. The average Bonchev–Trinajstić information content (AvgIpc) is 3.39. The molecule has 0 saturated heterocycles. The third-order valence-electron chi connectivity index (χ3n) is 6.85. The smallest absolute Gasteiger partial charge is 0.407 e. The third-order valence-corrected chi connectivity index (χ3v) is 6.85. The molecule has 1 aromatic heterocycles. The fraction of sp³-hybridized carbons (Fsp3) is 0.625. The van der Waals surface area contributed by atoms with Crippen LogP contribution in [-0.2, 0) is 9.53 Å². The molecule has 0 spiro atoms. The fourth-order valence-electron chi connectivity index (χ4n) is 4.28. The molecule has 0 aromatic carbocycles. The molecule has 3 rings (SSSR count). The summed E-state index contributed by atoms with van der Waals surface area (Å²) in [6.45, 7) is 6.59. The molecular formula is C24H37N5O5. The van der Waals surface area contributed by atoms with Crippen molar-refractivity contribution in [2.75, 3.05) is 20.2 Å². The number of alkyl carbamates (subject to hydrolysis) is 1. The van der Waals surface area contributed by atoms with Crippen molar-refractivity contribution in [3.8, 4) is 5.75 Å². The predicted octanol–water partition coefficient (Wildman–Crippen LogP) is 2.62. The molecule has 0 bridgehead atoms. The standard InChI is InChI=1S/C24H37N5O5/c1-14-20(34-17-7-5-6-15(10-17)22(30)31)9-8-18(28-14)21(25)19(29(4)26)12-27-23(32)33-13-16-11-24(16,2)3/h8-9,15-17H,5-7,10-13,25-26H2,1-4H3,(H,27,32)(H,30,31)/b21-19-. The highest BCUT2D eigenvalue weighted by Crippen LogP contribution is 2.51. The SMILES string of the molecule is Cc1nc(/C(N)=C(\CNC(=O)OCC2CC2(C)C)N(C)N)ccc1OC1CCCC(C(=O)O)C1. The molecular weight excluding hydrogens is 438 g/mol. The Labute approximate surface area is 200 Å². The number of hydrogen-bond donors (Lipinski definition) is 4. The molecule has 3 unspecified atom stereocenters. The van der Waals surface area contributed by atoms with E-state index in [-0.39, 0.29) is 24.0 Å². The number of aromatic nitrogens is 1. The van der Waals surface area contributed by atoms with Gasteiger partial charge in [0.05, 0.1) is 48.0 Å². The van der Waals surface area contributed by atoms with Crippen molar-refractivity contribution in [2.45, 2.75) is 59.0 Å². The van der Waals surface area contributed by atoms with Crippen LogP contribution >= 0.6 is 0 Å². The highest BCUT2D eigenvalue weighted by atomic mass is 16.5. The van der Waals surface area contributed by atoms with Gasteiger partial charge in [-0.2, -0.15) is 0 Å². The molecule has 0 radical (unpaired) electrons. The lowest BCUT2D eigenvalue weighted by molar-refractivity contribution is -0.143. The number of carbonyl (C=O) groups is 2. The van der Waals surface area contributed by atoms with Gasteiger partial charge in [-0.25, -0.2) is 15.6 Å². The first-order valence-electron chi connectivity index (χ1n) is 11.7. The van der Waals surface area contributed by atoms with Crippen LogP contribution in [0.15, 0.2) is 17.8 Å². The summed E-state index contributed by atoms with van der Waals surface area (Å²) in [7, 11) is 1.63. The van der Waals surface area contributed by atoms with E-state index in [0.717, 1.165) is 19.3 Å². The summed E-state index contributed by atoms with van der Waals surface area (Å²) >= 11 is 0. The van der Waals surface area contributed by atoms with Crippen molar-refractivity contribution < 1.29 is 24.2 Å². The van der Waals surface area contributed by atoms with E-state index in [1.54, 1.807) is 19.2 Å². The summed E-state index contributed by atoms with van der Waals surface area (Å²) in [5.74, 6) is 5.81. The molecule has 188 valence electrons. The second-order valence-corrected chi connectivity index (χ2v) is 10.0. The highest BCUT2D eigenvalue weighted by molar-refractivity contribution is 5.70.